The van der Waals surface area contributed by atoms with Gasteiger partial charge in [-0.2, -0.15) is 0 Å². The summed E-state index contributed by atoms with van der Waals surface area (Å²) in [6.07, 6.45) is 3.35. The number of pyridine rings is 1. The fourth-order valence-electron chi connectivity index (χ4n) is 3.78. The number of hydrogen-bond acceptors (Lipinski definition) is 6. The summed E-state index contributed by atoms with van der Waals surface area (Å²) < 4.78 is 5.47. The van der Waals surface area contributed by atoms with E-state index < -0.39 is 5.97 Å². The highest BCUT2D eigenvalue weighted by atomic mass is 16.6. The zero-order valence-electron chi connectivity index (χ0n) is 17.3. The van der Waals surface area contributed by atoms with E-state index in [0.29, 0.717) is 37.9 Å². The summed E-state index contributed by atoms with van der Waals surface area (Å²) in [5.41, 5.74) is 1.05. The highest BCUT2D eigenvalue weighted by molar-refractivity contribution is 6.16. The minimum Gasteiger partial charge on any atom is -0.402 e. The molecule has 0 radical (unpaired) electrons. The number of amides is 2. The number of carbonyl (C=O) groups excluding carboxylic acids is 2. The van der Waals surface area contributed by atoms with Crippen molar-refractivity contribution in [2.45, 2.75) is 0 Å². The molecule has 8 nitrogen and oxygen atoms in total. The molecule has 1 fully saturated rings. The van der Waals surface area contributed by atoms with Crippen LogP contribution in [0.3, 0.4) is 0 Å². The number of nitrogens with one attached hydrogen (secondary N) is 1. The first-order valence-corrected chi connectivity index (χ1v) is 10.4. The average molecular weight is 427 g/mol. The van der Waals surface area contributed by atoms with Crippen molar-refractivity contribution in [3.8, 4) is 0 Å². The van der Waals surface area contributed by atoms with Gasteiger partial charge in [-0.15, -0.1) is 0 Å². The second kappa shape index (κ2) is 8.50. The van der Waals surface area contributed by atoms with Crippen LogP contribution in [0.25, 0.3) is 10.8 Å². The van der Waals surface area contributed by atoms with Crippen LogP contribution in [0, 0.1) is 0 Å². The maximum Gasteiger partial charge on any atom is 0.365 e. The third kappa shape index (κ3) is 4.02. The number of nitrogens with zero attached hydrogens (tertiary/aromatic N) is 4. The van der Waals surface area contributed by atoms with E-state index in [2.05, 4.69) is 15.3 Å². The van der Waals surface area contributed by atoms with Crippen LogP contribution in [-0.2, 0) is 9.53 Å². The predicted molar refractivity (Wildman–Crippen MR) is 121 cm³/mol. The van der Waals surface area contributed by atoms with Crippen molar-refractivity contribution in [2.24, 2.45) is 4.99 Å². The number of anilines is 1. The average Bonchev–Trinajstić information content (AvgIpc) is 3.19. The van der Waals surface area contributed by atoms with Crippen molar-refractivity contribution >= 4 is 34.5 Å². The second-order valence-corrected chi connectivity index (χ2v) is 7.52. The van der Waals surface area contributed by atoms with Crippen LogP contribution in [0.4, 0.5) is 10.6 Å². The smallest absolute Gasteiger partial charge is 0.365 e. The zero-order valence-corrected chi connectivity index (χ0v) is 17.3. The van der Waals surface area contributed by atoms with E-state index in [1.807, 2.05) is 53.4 Å². The van der Waals surface area contributed by atoms with Crippen molar-refractivity contribution in [2.75, 3.05) is 31.5 Å². The Morgan fingerprint density at radius 3 is 2.56 bits per heavy atom. The van der Waals surface area contributed by atoms with Gasteiger partial charge in [0.05, 0.1) is 0 Å². The Morgan fingerprint density at radius 1 is 0.969 bits per heavy atom. The van der Waals surface area contributed by atoms with Crippen molar-refractivity contribution in [3.63, 3.8) is 0 Å². The van der Waals surface area contributed by atoms with Gasteiger partial charge in [0.2, 0.25) is 5.90 Å². The first kappa shape index (κ1) is 19.7. The molecule has 0 aliphatic carbocycles. The Morgan fingerprint density at radius 2 is 1.75 bits per heavy atom. The van der Waals surface area contributed by atoms with Crippen molar-refractivity contribution in [3.05, 3.63) is 84.3 Å². The van der Waals surface area contributed by atoms with Gasteiger partial charge in [0.1, 0.15) is 5.82 Å². The Labute approximate surface area is 184 Å². The molecule has 32 heavy (non-hydrogen) atoms. The topological polar surface area (TPSA) is 87.1 Å². The molecule has 3 aromatic rings. The van der Waals surface area contributed by atoms with E-state index in [4.69, 9.17) is 4.74 Å². The minimum atomic E-state index is -0.469. The highest BCUT2D eigenvalue weighted by Crippen LogP contribution is 2.24. The molecule has 0 bridgehead atoms. The summed E-state index contributed by atoms with van der Waals surface area (Å²) in [6, 6.07) is 18.9. The molecule has 5 rings (SSSR count). The highest BCUT2D eigenvalue weighted by Gasteiger charge is 2.27. The molecular weight excluding hydrogens is 406 g/mol. The lowest BCUT2D eigenvalue weighted by Gasteiger charge is -2.33. The fourth-order valence-corrected chi connectivity index (χ4v) is 3.78. The van der Waals surface area contributed by atoms with E-state index in [9.17, 15) is 9.59 Å². The van der Waals surface area contributed by atoms with E-state index >= 15 is 0 Å². The Bertz CT molecular complexity index is 1230. The van der Waals surface area contributed by atoms with Gasteiger partial charge in [-0.1, -0.05) is 42.5 Å². The first-order valence-electron chi connectivity index (χ1n) is 10.4. The van der Waals surface area contributed by atoms with Gasteiger partial charge in [0, 0.05) is 44.1 Å². The number of urea groups is 1. The molecule has 1 N–H and O–H groups in total. The van der Waals surface area contributed by atoms with Gasteiger partial charge >= 0.3 is 12.0 Å². The predicted octanol–water partition coefficient (Wildman–Crippen LogP) is 3.23. The monoisotopic (exact) mass is 427 g/mol. The van der Waals surface area contributed by atoms with Crippen molar-refractivity contribution in [1.29, 1.82) is 0 Å². The third-order valence-corrected chi connectivity index (χ3v) is 5.45. The standard InChI is InChI=1S/C24H21N5O3/c30-23-20(26-22(32-23)19-9-5-7-17-6-1-2-8-18(17)19)16-28-12-14-29(15-13-28)24(31)27-21-10-3-4-11-25-21/h1-11,16H,12-15H2,(H,25,27,31)/b20-16+. The van der Waals surface area contributed by atoms with Crippen LogP contribution in [0.2, 0.25) is 0 Å². The molecule has 0 atom stereocenters. The number of rotatable bonds is 3. The summed E-state index contributed by atoms with van der Waals surface area (Å²) in [7, 11) is 0. The molecule has 2 aromatic carbocycles. The lowest BCUT2D eigenvalue weighted by molar-refractivity contribution is -0.130. The Hall–Kier alpha value is -4.20. The lowest BCUT2D eigenvalue weighted by atomic mass is 10.0. The number of cyclic esters (lactones) is 1. The molecule has 0 unspecified atom stereocenters. The summed E-state index contributed by atoms with van der Waals surface area (Å²) >= 11 is 0. The van der Waals surface area contributed by atoms with Crippen LogP contribution in [-0.4, -0.2) is 58.9 Å². The maximum atomic E-state index is 12.4. The Balaban J connectivity index is 1.26. The molecule has 2 aliphatic rings. The molecule has 8 heteroatoms. The zero-order chi connectivity index (χ0) is 21.9. The largest absolute Gasteiger partial charge is 0.402 e. The molecule has 0 spiro atoms. The first-order chi connectivity index (χ1) is 15.7. The van der Waals surface area contributed by atoms with Crippen LogP contribution in [0.15, 0.2) is 83.7 Å². The number of esters is 1. The SMILES string of the molecule is O=C1OC(c2cccc3ccccc23)=N/C1=C/N1CCN(C(=O)Nc2ccccn2)CC1. The van der Waals surface area contributed by atoms with Crippen molar-refractivity contribution in [1.82, 2.24) is 14.8 Å². The molecule has 0 saturated carbocycles. The van der Waals surface area contributed by atoms with Gasteiger partial charge in [-0.05, 0) is 29.0 Å². The molecule has 1 aromatic heterocycles. The second-order valence-electron chi connectivity index (χ2n) is 7.52. The maximum absolute atomic E-state index is 12.4. The van der Waals surface area contributed by atoms with Gasteiger partial charge in [-0.25, -0.2) is 19.6 Å². The quantitative estimate of drug-likeness (QED) is 0.512. The molecule has 1 saturated heterocycles. The van der Waals surface area contributed by atoms with Gasteiger partial charge in [0.15, 0.2) is 5.70 Å². The van der Waals surface area contributed by atoms with E-state index in [0.717, 1.165) is 16.3 Å². The number of piperazine rings is 1. The number of fused-ring (bicyclic) bond motifs is 1. The van der Waals surface area contributed by atoms with Gasteiger partial charge < -0.3 is 14.5 Å². The number of aromatic nitrogens is 1. The van der Waals surface area contributed by atoms with Crippen LogP contribution >= 0.6 is 0 Å². The molecule has 2 amide bonds. The molecule has 2 aliphatic heterocycles. The van der Waals surface area contributed by atoms with E-state index in [1.165, 1.54) is 0 Å². The van der Waals surface area contributed by atoms with Crippen molar-refractivity contribution < 1.29 is 14.3 Å². The summed E-state index contributed by atoms with van der Waals surface area (Å²) in [6.45, 7) is 2.23. The molecule has 160 valence electrons. The number of aliphatic imine (C=N–C) groups is 1. The number of benzene rings is 2. The van der Waals surface area contributed by atoms with Crippen LogP contribution < -0.4 is 5.32 Å². The van der Waals surface area contributed by atoms with Gasteiger partial charge in [-0.3, -0.25) is 5.32 Å². The number of hydrogen-bond donors (Lipinski definition) is 1. The Kier molecular flexibility index (Phi) is 5.25. The van der Waals surface area contributed by atoms with Crippen LogP contribution in [0.1, 0.15) is 5.56 Å². The third-order valence-electron chi connectivity index (χ3n) is 5.45. The summed E-state index contributed by atoms with van der Waals surface area (Å²) in [4.78, 5) is 37.1. The van der Waals surface area contributed by atoms with Gasteiger partial charge in [0.25, 0.3) is 0 Å². The minimum absolute atomic E-state index is 0.187. The fraction of sp³-hybridized carbons (Fsp3) is 0.167. The number of carbonyl (C=O) groups is 2. The summed E-state index contributed by atoms with van der Waals surface area (Å²) in [5.74, 6) is 0.362. The molecule has 3 heterocycles. The summed E-state index contributed by atoms with van der Waals surface area (Å²) in [5, 5.41) is 4.83. The van der Waals surface area contributed by atoms with E-state index in [-0.39, 0.29) is 11.7 Å². The number of ether oxygens (including phenoxy) is 1. The lowest BCUT2D eigenvalue weighted by Crippen LogP contribution is -2.48. The normalized spacial score (nSPS) is 17.4. The molecular formula is C24H21N5O3. The van der Waals surface area contributed by atoms with Crippen LogP contribution in [0.5, 0.6) is 0 Å². The van der Waals surface area contributed by atoms with E-state index in [1.54, 1.807) is 29.4 Å².